The zero-order valence-corrected chi connectivity index (χ0v) is 14.4. The summed E-state index contributed by atoms with van der Waals surface area (Å²) in [6.07, 6.45) is 0. The van der Waals surface area contributed by atoms with Gasteiger partial charge >= 0.3 is 0 Å². The number of halogens is 1. The number of amides is 1. The molecule has 1 amide bonds. The standard InChI is InChI=1S/C16H16BrN3OS/c1-11-6-2-4-8-13(11)20-16(22)18-10-15(21)19-14-9-5-3-7-12(14)17/h2-9H,10H2,1H3,(H,19,21)(H2,18,20,22). The summed E-state index contributed by atoms with van der Waals surface area (Å²) in [7, 11) is 0. The lowest BCUT2D eigenvalue weighted by Gasteiger charge is -2.12. The molecule has 0 saturated carbocycles. The predicted molar refractivity (Wildman–Crippen MR) is 98.2 cm³/mol. The van der Waals surface area contributed by atoms with Gasteiger partial charge in [0.25, 0.3) is 0 Å². The second-order valence-electron chi connectivity index (χ2n) is 4.65. The van der Waals surface area contributed by atoms with Gasteiger partial charge in [0.15, 0.2) is 5.11 Å². The van der Waals surface area contributed by atoms with Gasteiger partial charge in [-0.2, -0.15) is 0 Å². The van der Waals surface area contributed by atoms with Crippen molar-refractivity contribution in [3.05, 3.63) is 58.6 Å². The van der Waals surface area contributed by atoms with Gasteiger partial charge in [0.05, 0.1) is 12.2 Å². The number of hydrogen-bond donors (Lipinski definition) is 3. The molecule has 2 aromatic rings. The van der Waals surface area contributed by atoms with Crippen LogP contribution in [0, 0.1) is 6.92 Å². The minimum Gasteiger partial charge on any atom is -0.353 e. The average molecular weight is 378 g/mol. The Labute approximate surface area is 143 Å². The molecule has 0 aliphatic rings. The average Bonchev–Trinajstić information content (AvgIpc) is 2.50. The number of carbonyl (C=O) groups is 1. The Hall–Kier alpha value is -1.92. The minimum absolute atomic E-state index is 0.0963. The van der Waals surface area contributed by atoms with Crippen LogP contribution < -0.4 is 16.0 Å². The fourth-order valence-corrected chi connectivity index (χ4v) is 2.36. The zero-order valence-electron chi connectivity index (χ0n) is 12.0. The van der Waals surface area contributed by atoms with Crippen LogP contribution in [0.2, 0.25) is 0 Å². The van der Waals surface area contributed by atoms with Crippen molar-refractivity contribution in [3.8, 4) is 0 Å². The lowest BCUT2D eigenvalue weighted by atomic mass is 10.2. The van der Waals surface area contributed by atoms with Crippen LogP contribution in [-0.4, -0.2) is 17.6 Å². The van der Waals surface area contributed by atoms with E-state index in [1.165, 1.54) is 0 Å². The molecule has 0 aliphatic heterocycles. The number of nitrogens with one attached hydrogen (secondary N) is 3. The first-order valence-corrected chi connectivity index (χ1v) is 7.91. The monoisotopic (exact) mass is 377 g/mol. The number of anilines is 2. The van der Waals surface area contributed by atoms with Gasteiger partial charge in [0.1, 0.15) is 0 Å². The van der Waals surface area contributed by atoms with Crippen molar-refractivity contribution in [1.82, 2.24) is 5.32 Å². The number of rotatable bonds is 4. The first kappa shape index (κ1) is 16.5. The molecule has 2 aromatic carbocycles. The molecule has 0 unspecified atom stereocenters. The predicted octanol–water partition coefficient (Wildman–Crippen LogP) is 3.68. The SMILES string of the molecule is Cc1ccccc1NC(=S)NCC(=O)Nc1ccccc1Br. The summed E-state index contributed by atoms with van der Waals surface area (Å²) in [4.78, 5) is 11.9. The van der Waals surface area contributed by atoms with E-state index in [4.69, 9.17) is 12.2 Å². The van der Waals surface area contributed by atoms with Crippen molar-refractivity contribution < 1.29 is 4.79 Å². The van der Waals surface area contributed by atoms with Gasteiger partial charge in [-0.05, 0) is 58.8 Å². The number of carbonyl (C=O) groups excluding carboxylic acids is 1. The maximum Gasteiger partial charge on any atom is 0.243 e. The highest BCUT2D eigenvalue weighted by Crippen LogP contribution is 2.20. The quantitative estimate of drug-likeness (QED) is 0.711. The summed E-state index contributed by atoms with van der Waals surface area (Å²) >= 11 is 8.58. The van der Waals surface area contributed by atoms with Crippen LogP contribution in [0.3, 0.4) is 0 Å². The molecule has 4 nitrogen and oxygen atoms in total. The zero-order chi connectivity index (χ0) is 15.9. The summed E-state index contributed by atoms with van der Waals surface area (Å²) in [6, 6.07) is 15.3. The topological polar surface area (TPSA) is 53.2 Å². The van der Waals surface area contributed by atoms with Crippen molar-refractivity contribution in [1.29, 1.82) is 0 Å². The van der Waals surface area contributed by atoms with Gasteiger partial charge in [0, 0.05) is 10.2 Å². The molecule has 0 heterocycles. The largest absolute Gasteiger partial charge is 0.353 e. The summed E-state index contributed by atoms with van der Waals surface area (Å²) in [5, 5.41) is 9.18. The van der Waals surface area contributed by atoms with E-state index in [1.807, 2.05) is 55.5 Å². The van der Waals surface area contributed by atoms with Gasteiger partial charge in [-0.25, -0.2) is 0 Å². The molecule has 0 saturated heterocycles. The Morgan fingerprint density at radius 2 is 1.68 bits per heavy atom. The summed E-state index contributed by atoms with van der Waals surface area (Å²) in [5.74, 6) is -0.166. The van der Waals surface area contributed by atoms with Crippen LogP contribution in [0.4, 0.5) is 11.4 Å². The molecule has 6 heteroatoms. The molecule has 0 atom stereocenters. The molecule has 0 aliphatic carbocycles. The molecule has 0 aromatic heterocycles. The Balaban J connectivity index is 1.82. The molecular formula is C16H16BrN3OS. The van der Waals surface area contributed by atoms with Crippen LogP contribution in [0.15, 0.2) is 53.0 Å². The Morgan fingerprint density at radius 3 is 2.36 bits per heavy atom. The Kier molecular flexibility index (Phi) is 5.91. The molecule has 0 spiro atoms. The maximum absolute atomic E-state index is 11.9. The van der Waals surface area contributed by atoms with Gasteiger partial charge in [-0.1, -0.05) is 30.3 Å². The van der Waals surface area contributed by atoms with Crippen LogP contribution in [0.1, 0.15) is 5.56 Å². The van der Waals surface area contributed by atoms with E-state index < -0.39 is 0 Å². The first-order valence-electron chi connectivity index (χ1n) is 6.71. The molecular weight excluding hydrogens is 362 g/mol. The highest BCUT2D eigenvalue weighted by Gasteiger charge is 2.06. The second-order valence-corrected chi connectivity index (χ2v) is 5.91. The molecule has 22 heavy (non-hydrogen) atoms. The van der Waals surface area contributed by atoms with Crippen molar-refractivity contribution in [2.24, 2.45) is 0 Å². The molecule has 3 N–H and O–H groups in total. The van der Waals surface area contributed by atoms with E-state index >= 15 is 0 Å². The van der Waals surface area contributed by atoms with Crippen molar-refractivity contribution in [3.63, 3.8) is 0 Å². The number of aryl methyl sites for hydroxylation is 1. The maximum atomic E-state index is 11.9. The lowest BCUT2D eigenvalue weighted by Crippen LogP contribution is -2.35. The molecule has 114 valence electrons. The Morgan fingerprint density at radius 1 is 1.05 bits per heavy atom. The molecule has 0 radical (unpaired) electrons. The van der Waals surface area contributed by atoms with E-state index in [-0.39, 0.29) is 12.5 Å². The van der Waals surface area contributed by atoms with Crippen molar-refractivity contribution >= 4 is 50.5 Å². The van der Waals surface area contributed by atoms with Gasteiger partial charge < -0.3 is 16.0 Å². The third kappa shape index (κ3) is 4.82. The van der Waals surface area contributed by atoms with E-state index in [0.717, 1.165) is 21.4 Å². The molecule has 0 fully saturated rings. The highest BCUT2D eigenvalue weighted by molar-refractivity contribution is 9.10. The van der Waals surface area contributed by atoms with E-state index in [9.17, 15) is 4.79 Å². The highest BCUT2D eigenvalue weighted by atomic mass is 79.9. The van der Waals surface area contributed by atoms with Crippen LogP contribution in [-0.2, 0) is 4.79 Å². The third-order valence-corrected chi connectivity index (χ3v) is 3.89. The molecule has 0 bridgehead atoms. The lowest BCUT2D eigenvalue weighted by molar-refractivity contribution is -0.115. The summed E-state index contributed by atoms with van der Waals surface area (Å²) < 4.78 is 0.837. The number of hydrogen-bond acceptors (Lipinski definition) is 2. The fraction of sp³-hybridized carbons (Fsp3) is 0.125. The van der Waals surface area contributed by atoms with Gasteiger partial charge in [-0.15, -0.1) is 0 Å². The normalized spacial score (nSPS) is 9.91. The van der Waals surface area contributed by atoms with Crippen LogP contribution in [0.25, 0.3) is 0 Å². The van der Waals surface area contributed by atoms with E-state index in [0.29, 0.717) is 5.11 Å². The van der Waals surface area contributed by atoms with Gasteiger partial charge in [0.2, 0.25) is 5.91 Å². The van der Waals surface area contributed by atoms with Crippen molar-refractivity contribution in [2.45, 2.75) is 6.92 Å². The van der Waals surface area contributed by atoms with Crippen LogP contribution >= 0.6 is 28.1 Å². The van der Waals surface area contributed by atoms with Crippen molar-refractivity contribution in [2.75, 3.05) is 17.2 Å². The Bertz CT molecular complexity index is 631. The first-order chi connectivity index (χ1) is 10.6. The summed E-state index contributed by atoms with van der Waals surface area (Å²) in [6.45, 7) is 2.09. The van der Waals surface area contributed by atoms with Crippen LogP contribution in [0.5, 0.6) is 0 Å². The third-order valence-electron chi connectivity index (χ3n) is 2.95. The summed E-state index contributed by atoms with van der Waals surface area (Å²) in [5.41, 5.74) is 2.74. The fourth-order valence-electron chi connectivity index (χ4n) is 1.80. The number of benzene rings is 2. The van der Waals surface area contributed by atoms with E-state index in [2.05, 4.69) is 31.9 Å². The van der Waals surface area contributed by atoms with Gasteiger partial charge in [-0.3, -0.25) is 4.79 Å². The van der Waals surface area contributed by atoms with E-state index in [1.54, 1.807) is 0 Å². The number of para-hydroxylation sites is 2. The smallest absolute Gasteiger partial charge is 0.243 e. The second kappa shape index (κ2) is 7.91. The number of thiocarbonyl (C=S) groups is 1. The minimum atomic E-state index is -0.166. The molecule has 2 rings (SSSR count).